The zero-order valence-electron chi connectivity index (χ0n) is 10.2. The Balaban J connectivity index is 2.19. The molecule has 1 heterocycles. The first-order chi connectivity index (χ1) is 8.85. The largest absolute Gasteiger partial charge is 0.493 e. The molecule has 18 heavy (non-hydrogen) atoms. The Morgan fingerprint density at radius 1 is 1.56 bits per heavy atom. The Morgan fingerprint density at radius 3 is 3.11 bits per heavy atom. The fourth-order valence-electron chi connectivity index (χ4n) is 1.91. The summed E-state index contributed by atoms with van der Waals surface area (Å²) in [4.78, 5) is 13.7. The number of hydrogen-bond donors (Lipinski definition) is 0. The lowest BCUT2D eigenvalue weighted by Crippen LogP contribution is -2.16. The lowest BCUT2D eigenvalue weighted by atomic mass is 10.2. The molecule has 1 aliphatic rings. The van der Waals surface area contributed by atoms with E-state index in [9.17, 15) is 4.79 Å². The summed E-state index contributed by atoms with van der Waals surface area (Å²) in [5, 5.41) is 0. The lowest BCUT2D eigenvalue weighted by molar-refractivity contribution is 0.138. The molecule has 1 fully saturated rings. The molecule has 0 saturated carbocycles. The van der Waals surface area contributed by atoms with Crippen molar-refractivity contribution in [3.63, 3.8) is 0 Å². The standard InChI is InChI=1S/C13H15NO4/c1-16-13-10(7-14-9-15)3-2-4-12(13)18-11-5-6-17-8-11/h2-4,11H,5-8H2,1H3. The summed E-state index contributed by atoms with van der Waals surface area (Å²) in [6.45, 7) is 1.56. The summed E-state index contributed by atoms with van der Waals surface area (Å²) in [5.74, 6) is 1.27. The third kappa shape index (κ3) is 2.88. The van der Waals surface area contributed by atoms with Gasteiger partial charge in [0.15, 0.2) is 11.5 Å². The van der Waals surface area contributed by atoms with Crippen LogP contribution in [0.2, 0.25) is 0 Å². The Bertz CT molecular complexity index is 448. The molecule has 5 nitrogen and oxygen atoms in total. The Kier molecular flexibility index (Phi) is 4.34. The molecule has 96 valence electrons. The van der Waals surface area contributed by atoms with Gasteiger partial charge < -0.3 is 14.2 Å². The van der Waals surface area contributed by atoms with Crippen LogP contribution in [0.3, 0.4) is 0 Å². The van der Waals surface area contributed by atoms with Gasteiger partial charge in [-0.3, -0.25) is 0 Å². The van der Waals surface area contributed by atoms with Crippen LogP contribution < -0.4 is 9.47 Å². The van der Waals surface area contributed by atoms with Crippen molar-refractivity contribution in [3.8, 4) is 11.5 Å². The third-order valence-corrected chi connectivity index (χ3v) is 2.76. The van der Waals surface area contributed by atoms with E-state index in [4.69, 9.17) is 14.2 Å². The van der Waals surface area contributed by atoms with Gasteiger partial charge in [0.25, 0.3) is 0 Å². The van der Waals surface area contributed by atoms with Crippen LogP contribution in [0.5, 0.6) is 11.5 Å². The minimum atomic E-state index is 0.0590. The smallest absolute Gasteiger partial charge is 0.235 e. The van der Waals surface area contributed by atoms with E-state index in [1.807, 2.05) is 18.2 Å². The highest BCUT2D eigenvalue weighted by atomic mass is 16.6. The molecule has 2 rings (SSSR count). The molecule has 1 aromatic rings. The number of isocyanates is 1. The highest BCUT2D eigenvalue weighted by Crippen LogP contribution is 2.33. The van der Waals surface area contributed by atoms with E-state index < -0.39 is 0 Å². The van der Waals surface area contributed by atoms with Gasteiger partial charge in [-0.2, -0.15) is 0 Å². The summed E-state index contributed by atoms with van der Waals surface area (Å²) in [6.07, 6.45) is 2.45. The molecule has 0 amide bonds. The lowest BCUT2D eigenvalue weighted by Gasteiger charge is -2.16. The van der Waals surface area contributed by atoms with Gasteiger partial charge in [-0.15, -0.1) is 0 Å². The summed E-state index contributed by atoms with van der Waals surface area (Å²) in [5.41, 5.74) is 0.803. The molecule has 1 atom stereocenters. The number of methoxy groups -OCH3 is 1. The zero-order valence-corrected chi connectivity index (χ0v) is 10.2. The molecule has 1 saturated heterocycles. The normalized spacial score (nSPS) is 18.2. The minimum Gasteiger partial charge on any atom is -0.493 e. The highest BCUT2D eigenvalue weighted by molar-refractivity contribution is 5.47. The van der Waals surface area contributed by atoms with E-state index in [1.54, 1.807) is 7.11 Å². The number of rotatable bonds is 5. The average Bonchev–Trinajstić information content (AvgIpc) is 2.89. The molecule has 1 aliphatic heterocycles. The van der Waals surface area contributed by atoms with Gasteiger partial charge in [-0.05, 0) is 6.07 Å². The Labute approximate surface area is 105 Å². The molecule has 0 bridgehead atoms. The van der Waals surface area contributed by atoms with E-state index in [2.05, 4.69) is 4.99 Å². The minimum absolute atomic E-state index is 0.0590. The summed E-state index contributed by atoms with van der Waals surface area (Å²) < 4.78 is 16.4. The Morgan fingerprint density at radius 2 is 2.44 bits per heavy atom. The predicted octanol–water partition coefficient (Wildman–Crippen LogP) is 1.70. The molecule has 0 N–H and O–H groups in total. The van der Waals surface area contributed by atoms with E-state index in [1.165, 1.54) is 6.08 Å². The molecule has 0 spiro atoms. The number of nitrogens with zero attached hydrogens (tertiary/aromatic N) is 1. The molecular weight excluding hydrogens is 234 g/mol. The molecule has 1 aromatic carbocycles. The number of carbonyl (C=O) groups excluding carboxylic acids is 1. The highest BCUT2D eigenvalue weighted by Gasteiger charge is 2.19. The fraction of sp³-hybridized carbons (Fsp3) is 0.462. The van der Waals surface area contributed by atoms with Crippen molar-refractivity contribution in [2.75, 3.05) is 20.3 Å². The van der Waals surface area contributed by atoms with Gasteiger partial charge in [0.1, 0.15) is 6.10 Å². The molecular formula is C13H15NO4. The van der Waals surface area contributed by atoms with E-state index in [0.717, 1.165) is 18.6 Å². The van der Waals surface area contributed by atoms with Crippen molar-refractivity contribution < 1.29 is 19.0 Å². The second kappa shape index (κ2) is 6.19. The topological polar surface area (TPSA) is 57.1 Å². The van der Waals surface area contributed by atoms with Crippen LogP contribution in [-0.2, 0) is 16.1 Å². The van der Waals surface area contributed by atoms with Gasteiger partial charge in [-0.1, -0.05) is 12.1 Å². The SMILES string of the molecule is COc1c(CN=C=O)cccc1OC1CCOC1. The van der Waals surface area contributed by atoms with E-state index >= 15 is 0 Å². The van der Waals surface area contributed by atoms with Crippen LogP contribution in [0, 0.1) is 0 Å². The molecule has 5 heteroatoms. The molecule has 0 aliphatic carbocycles. The van der Waals surface area contributed by atoms with E-state index in [0.29, 0.717) is 18.1 Å². The predicted molar refractivity (Wildman–Crippen MR) is 64.7 cm³/mol. The van der Waals surface area contributed by atoms with Crippen molar-refractivity contribution >= 4 is 6.08 Å². The maximum atomic E-state index is 10.2. The van der Waals surface area contributed by atoms with Crippen molar-refractivity contribution in [3.05, 3.63) is 23.8 Å². The quantitative estimate of drug-likeness (QED) is 0.588. The first-order valence-electron chi connectivity index (χ1n) is 5.79. The second-order valence-electron chi connectivity index (χ2n) is 3.96. The number of benzene rings is 1. The molecule has 0 radical (unpaired) electrons. The fourth-order valence-corrected chi connectivity index (χ4v) is 1.91. The monoisotopic (exact) mass is 249 g/mol. The summed E-state index contributed by atoms with van der Waals surface area (Å²) in [7, 11) is 1.57. The van der Waals surface area contributed by atoms with E-state index in [-0.39, 0.29) is 12.6 Å². The van der Waals surface area contributed by atoms with Crippen molar-refractivity contribution in [2.45, 2.75) is 19.1 Å². The van der Waals surface area contributed by atoms with Crippen LogP contribution >= 0.6 is 0 Å². The van der Waals surface area contributed by atoms with Crippen molar-refractivity contribution in [1.82, 2.24) is 0 Å². The van der Waals surface area contributed by atoms with Crippen molar-refractivity contribution in [2.24, 2.45) is 4.99 Å². The summed E-state index contributed by atoms with van der Waals surface area (Å²) >= 11 is 0. The van der Waals surface area contributed by atoms with Gasteiger partial charge in [0, 0.05) is 12.0 Å². The van der Waals surface area contributed by atoms with Gasteiger partial charge in [0.05, 0.1) is 26.9 Å². The molecule has 0 aromatic heterocycles. The molecule has 1 unspecified atom stereocenters. The number of para-hydroxylation sites is 1. The first-order valence-corrected chi connectivity index (χ1v) is 5.79. The Hall–Kier alpha value is -1.84. The van der Waals surface area contributed by atoms with Gasteiger partial charge in [0.2, 0.25) is 6.08 Å². The third-order valence-electron chi connectivity index (χ3n) is 2.76. The van der Waals surface area contributed by atoms with Crippen LogP contribution in [0.1, 0.15) is 12.0 Å². The van der Waals surface area contributed by atoms with Gasteiger partial charge >= 0.3 is 0 Å². The van der Waals surface area contributed by atoms with Crippen LogP contribution in [0.15, 0.2) is 23.2 Å². The number of hydrogen-bond acceptors (Lipinski definition) is 5. The van der Waals surface area contributed by atoms with Crippen LogP contribution in [0.4, 0.5) is 0 Å². The maximum absolute atomic E-state index is 10.2. The second-order valence-corrected chi connectivity index (χ2v) is 3.96. The van der Waals surface area contributed by atoms with Crippen LogP contribution in [-0.4, -0.2) is 32.5 Å². The average molecular weight is 249 g/mol. The number of ether oxygens (including phenoxy) is 3. The van der Waals surface area contributed by atoms with Gasteiger partial charge in [-0.25, -0.2) is 9.79 Å². The number of aliphatic imine (C=N–C) groups is 1. The van der Waals surface area contributed by atoms with Crippen LogP contribution in [0.25, 0.3) is 0 Å². The van der Waals surface area contributed by atoms with Crippen molar-refractivity contribution in [1.29, 1.82) is 0 Å². The zero-order chi connectivity index (χ0) is 12.8. The first kappa shape index (κ1) is 12.6. The maximum Gasteiger partial charge on any atom is 0.235 e. The summed E-state index contributed by atoms with van der Waals surface area (Å²) in [6, 6.07) is 5.53.